The van der Waals surface area contributed by atoms with Crippen molar-refractivity contribution in [3.8, 4) is 5.88 Å². The first-order valence-electron chi connectivity index (χ1n) is 4.24. The van der Waals surface area contributed by atoms with Gasteiger partial charge >= 0.3 is 0 Å². The topological polar surface area (TPSA) is 36.3 Å². The fourth-order valence-corrected chi connectivity index (χ4v) is 2.01. The van der Waals surface area contributed by atoms with E-state index in [9.17, 15) is 0 Å². The Morgan fingerprint density at radius 1 is 1.46 bits per heavy atom. The van der Waals surface area contributed by atoms with Gasteiger partial charge in [0, 0.05) is 0 Å². The van der Waals surface area contributed by atoms with Gasteiger partial charge in [0.05, 0.1) is 36.3 Å². The quantitative estimate of drug-likeness (QED) is 0.619. The fraction of sp³-hybridized carbons (Fsp3) is 0.625. The van der Waals surface area contributed by atoms with E-state index in [1.165, 1.54) is 0 Å². The molecule has 2 aliphatic rings. The highest BCUT2D eigenvalue weighted by Gasteiger charge is 2.43. The lowest BCUT2D eigenvalue weighted by molar-refractivity contribution is -0.154. The highest BCUT2D eigenvalue weighted by Crippen LogP contribution is 2.37. The molecule has 70 valence electrons. The normalized spacial score (nSPS) is 23.5. The molecule has 1 fully saturated rings. The van der Waals surface area contributed by atoms with Gasteiger partial charge < -0.3 is 9.47 Å². The van der Waals surface area contributed by atoms with Crippen LogP contribution < -0.4 is 4.74 Å². The predicted molar refractivity (Wildman–Crippen MR) is 48.2 cm³/mol. The summed E-state index contributed by atoms with van der Waals surface area (Å²) in [5.74, 6) is 0.792. The molecule has 1 saturated heterocycles. The summed E-state index contributed by atoms with van der Waals surface area (Å²) in [5.41, 5.74) is 0.180. The Morgan fingerprint density at radius 2 is 2.31 bits per heavy atom. The van der Waals surface area contributed by atoms with Crippen molar-refractivity contribution in [1.82, 2.24) is 9.78 Å². The van der Waals surface area contributed by atoms with Gasteiger partial charge in [-0.15, -0.1) is 12.6 Å². The summed E-state index contributed by atoms with van der Waals surface area (Å²) in [4.78, 5) is 0.815. The van der Waals surface area contributed by atoms with Gasteiger partial charge in [-0.05, 0) is 0 Å². The van der Waals surface area contributed by atoms with Crippen molar-refractivity contribution < 1.29 is 9.47 Å². The van der Waals surface area contributed by atoms with Gasteiger partial charge in [-0.3, -0.25) is 0 Å². The summed E-state index contributed by atoms with van der Waals surface area (Å²) in [6.45, 7) is 3.19. The third-order valence-corrected chi connectivity index (χ3v) is 2.90. The summed E-state index contributed by atoms with van der Waals surface area (Å²) >= 11 is 4.25. The number of rotatable bonds is 0. The molecule has 0 aromatic carbocycles. The van der Waals surface area contributed by atoms with Gasteiger partial charge in [-0.1, -0.05) is 0 Å². The largest absolute Gasteiger partial charge is 0.476 e. The monoisotopic (exact) mass is 198 g/mol. The SMILES string of the molecule is Sc1cnn2c1OCC1(COC1)C2. The molecule has 0 N–H and O–H groups in total. The first-order chi connectivity index (χ1) is 6.29. The molecule has 0 radical (unpaired) electrons. The van der Waals surface area contributed by atoms with Gasteiger partial charge in [0.15, 0.2) is 0 Å². The Kier molecular flexibility index (Phi) is 1.43. The molecule has 1 aromatic heterocycles. The van der Waals surface area contributed by atoms with Crippen molar-refractivity contribution in [1.29, 1.82) is 0 Å². The smallest absolute Gasteiger partial charge is 0.225 e. The molecule has 3 heterocycles. The maximum atomic E-state index is 5.60. The standard InChI is InChI=1S/C8H10N2O2S/c13-6-1-9-10-2-8(3-11-4-8)5-12-7(6)10/h1,13H,2-5H2. The van der Waals surface area contributed by atoms with Crippen molar-refractivity contribution in [3.63, 3.8) is 0 Å². The molecule has 3 rings (SSSR count). The zero-order valence-electron chi connectivity index (χ0n) is 7.06. The van der Waals surface area contributed by atoms with Crippen molar-refractivity contribution in [3.05, 3.63) is 6.20 Å². The van der Waals surface area contributed by atoms with E-state index in [0.29, 0.717) is 0 Å². The number of fused-ring (bicyclic) bond motifs is 1. The second-order valence-corrected chi connectivity index (χ2v) is 4.26. The fourth-order valence-electron chi connectivity index (χ4n) is 1.78. The lowest BCUT2D eigenvalue weighted by Gasteiger charge is -2.43. The Hall–Kier alpha value is -0.680. The van der Waals surface area contributed by atoms with Crippen molar-refractivity contribution >= 4 is 12.6 Å². The Labute approximate surface area is 81.2 Å². The predicted octanol–water partition coefficient (Wildman–Crippen LogP) is 0.581. The molecule has 0 unspecified atom stereocenters. The molecule has 1 aromatic rings. The van der Waals surface area contributed by atoms with E-state index in [2.05, 4.69) is 17.7 Å². The Balaban J connectivity index is 1.95. The molecule has 1 spiro atoms. The number of ether oxygens (including phenoxy) is 2. The van der Waals surface area contributed by atoms with Gasteiger partial charge in [0.1, 0.15) is 6.61 Å². The van der Waals surface area contributed by atoms with Crippen molar-refractivity contribution in [2.75, 3.05) is 19.8 Å². The Bertz CT molecular complexity index is 346. The average molecular weight is 198 g/mol. The maximum absolute atomic E-state index is 5.60. The van der Waals surface area contributed by atoms with Crippen LogP contribution in [-0.2, 0) is 11.3 Å². The summed E-state index contributed by atoms with van der Waals surface area (Å²) < 4.78 is 12.7. The van der Waals surface area contributed by atoms with Crippen LogP contribution in [0.5, 0.6) is 5.88 Å². The van der Waals surface area contributed by atoms with Gasteiger partial charge in [0.25, 0.3) is 0 Å². The zero-order valence-corrected chi connectivity index (χ0v) is 7.96. The van der Waals surface area contributed by atoms with Crippen LogP contribution in [0.1, 0.15) is 0 Å². The summed E-state index contributed by atoms with van der Waals surface area (Å²) in [5, 5.41) is 4.19. The molecule has 2 aliphatic heterocycles. The number of thiol groups is 1. The molecular weight excluding hydrogens is 188 g/mol. The average Bonchev–Trinajstić information content (AvgIpc) is 2.45. The second kappa shape index (κ2) is 2.42. The summed E-state index contributed by atoms with van der Waals surface area (Å²) in [7, 11) is 0. The van der Waals surface area contributed by atoms with Crippen LogP contribution >= 0.6 is 12.6 Å². The lowest BCUT2D eigenvalue weighted by Crippen LogP contribution is -2.52. The number of hydrogen-bond acceptors (Lipinski definition) is 4. The Morgan fingerprint density at radius 3 is 3.00 bits per heavy atom. The molecule has 5 heteroatoms. The van der Waals surface area contributed by atoms with Crippen LogP contribution in [0.2, 0.25) is 0 Å². The van der Waals surface area contributed by atoms with E-state index in [1.54, 1.807) is 6.20 Å². The minimum atomic E-state index is 0.180. The minimum absolute atomic E-state index is 0.180. The van der Waals surface area contributed by atoms with E-state index in [1.807, 2.05) is 4.68 Å². The van der Waals surface area contributed by atoms with E-state index in [-0.39, 0.29) is 5.41 Å². The van der Waals surface area contributed by atoms with E-state index in [4.69, 9.17) is 9.47 Å². The van der Waals surface area contributed by atoms with Crippen LogP contribution in [0.25, 0.3) is 0 Å². The second-order valence-electron chi connectivity index (χ2n) is 3.77. The molecular formula is C8H10N2O2S. The van der Waals surface area contributed by atoms with Crippen LogP contribution in [0, 0.1) is 5.41 Å². The van der Waals surface area contributed by atoms with Gasteiger partial charge in [-0.25, -0.2) is 4.68 Å². The highest BCUT2D eigenvalue weighted by molar-refractivity contribution is 7.80. The molecule has 4 nitrogen and oxygen atoms in total. The van der Waals surface area contributed by atoms with E-state index >= 15 is 0 Å². The number of aromatic nitrogens is 2. The third-order valence-electron chi connectivity index (χ3n) is 2.59. The number of nitrogens with zero attached hydrogens (tertiary/aromatic N) is 2. The third kappa shape index (κ3) is 1.00. The lowest BCUT2D eigenvalue weighted by atomic mass is 9.86. The summed E-state index contributed by atoms with van der Waals surface area (Å²) in [6, 6.07) is 0. The molecule has 0 aliphatic carbocycles. The molecule has 0 atom stereocenters. The molecule has 0 amide bonds. The number of hydrogen-bond donors (Lipinski definition) is 1. The molecule has 0 bridgehead atoms. The minimum Gasteiger partial charge on any atom is -0.476 e. The van der Waals surface area contributed by atoms with Gasteiger partial charge in [0.2, 0.25) is 5.88 Å². The van der Waals surface area contributed by atoms with Crippen molar-refractivity contribution in [2.24, 2.45) is 5.41 Å². The molecule has 13 heavy (non-hydrogen) atoms. The maximum Gasteiger partial charge on any atom is 0.225 e. The summed E-state index contributed by atoms with van der Waals surface area (Å²) in [6.07, 6.45) is 1.72. The first-order valence-corrected chi connectivity index (χ1v) is 4.69. The van der Waals surface area contributed by atoms with Crippen LogP contribution in [0.4, 0.5) is 0 Å². The van der Waals surface area contributed by atoms with E-state index in [0.717, 1.165) is 37.1 Å². The van der Waals surface area contributed by atoms with Crippen LogP contribution in [0.3, 0.4) is 0 Å². The highest BCUT2D eigenvalue weighted by atomic mass is 32.1. The van der Waals surface area contributed by atoms with Gasteiger partial charge in [-0.2, -0.15) is 5.10 Å². The van der Waals surface area contributed by atoms with E-state index < -0.39 is 0 Å². The zero-order chi connectivity index (χ0) is 8.89. The van der Waals surface area contributed by atoms with Crippen LogP contribution in [0.15, 0.2) is 11.1 Å². The molecule has 0 saturated carbocycles. The first kappa shape index (κ1) is 7.70. The van der Waals surface area contributed by atoms with Crippen molar-refractivity contribution in [2.45, 2.75) is 11.4 Å². The van der Waals surface area contributed by atoms with Crippen LogP contribution in [-0.4, -0.2) is 29.6 Å².